The van der Waals surface area contributed by atoms with Crippen LogP contribution in [0, 0.1) is 6.92 Å². The third-order valence-electron chi connectivity index (χ3n) is 2.70. The van der Waals surface area contributed by atoms with Crippen molar-refractivity contribution in [2.45, 2.75) is 52.5 Å². The molecule has 0 saturated heterocycles. The molecule has 0 bridgehead atoms. The number of carboxylic acids is 1. The first kappa shape index (κ1) is 16.2. The molecule has 0 spiro atoms. The molecule has 2 N–H and O–H groups in total. The fourth-order valence-electron chi connectivity index (χ4n) is 1.66. The second-order valence-corrected chi connectivity index (χ2v) is 5.42. The van der Waals surface area contributed by atoms with E-state index < -0.39 is 11.5 Å². The molecule has 0 aliphatic rings. The maximum atomic E-state index is 10.6. The van der Waals surface area contributed by atoms with Crippen molar-refractivity contribution >= 4 is 11.9 Å². The number of nitrogens with zero attached hydrogens (tertiary/aromatic N) is 2. The molecule has 0 fully saturated rings. The van der Waals surface area contributed by atoms with Crippen LogP contribution in [0.15, 0.2) is 6.07 Å². The van der Waals surface area contributed by atoms with Gasteiger partial charge in [0.25, 0.3) is 0 Å². The summed E-state index contributed by atoms with van der Waals surface area (Å²) in [6.45, 7) is 8.36. The molecule has 1 heterocycles. The minimum absolute atomic E-state index is 0.102. The molecule has 0 radical (unpaired) electrons. The van der Waals surface area contributed by atoms with Gasteiger partial charge in [0.05, 0.1) is 6.61 Å². The van der Waals surface area contributed by atoms with Gasteiger partial charge < -0.3 is 15.2 Å². The molecule has 0 amide bonds. The Morgan fingerprint density at radius 1 is 1.45 bits per heavy atom. The summed E-state index contributed by atoms with van der Waals surface area (Å²) in [5.41, 5.74) is 0.413. The number of carboxylic acid groups (broad SMARTS) is 1. The van der Waals surface area contributed by atoms with E-state index in [0.29, 0.717) is 24.9 Å². The number of hydrogen-bond acceptors (Lipinski definition) is 5. The summed E-state index contributed by atoms with van der Waals surface area (Å²) in [4.78, 5) is 19.2. The number of rotatable bonds is 8. The highest BCUT2D eigenvalue weighted by molar-refractivity contribution is 5.66. The van der Waals surface area contributed by atoms with Crippen LogP contribution in [-0.2, 0) is 4.79 Å². The molecular formula is C14H23N3O3. The van der Waals surface area contributed by atoms with Crippen molar-refractivity contribution in [1.29, 1.82) is 0 Å². The van der Waals surface area contributed by atoms with Crippen molar-refractivity contribution in [1.82, 2.24) is 9.97 Å². The first-order valence-electron chi connectivity index (χ1n) is 6.81. The summed E-state index contributed by atoms with van der Waals surface area (Å²) in [6.07, 6.45) is 1.51. The van der Waals surface area contributed by atoms with Gasteiger partial charge in [-0.1, -0.05) is 6.92 Å². The molecule has 0 atom stereocenters. The minimum atomic E-state index is -0.808. The van der Waals surface area contributed by atoms with E-state index in [1.165, 1.54) is 0 Å². The van der Waals surface area contributed by atoms with Crippen LogP contribution in [0.5, 0.6) is 5.88 Å². The highest BCUT2D eigenvalue weighted by Gasteiger charge is 2.20. The largest absolute Gasteiger partial charge is 0.481 e. The van der Waals surface area contributed by atoms with Crippen molar-refractivity contribution < 1.29 is 14.6 Å². The molecule has 0 aromatic carbocycles. The van der Waals surface area contributed by atoms with E-state index in [-0.39, 0.29) is 6.42 Å². The normalized spacial score (nSPS) is 11.2. The molecule has 112 valence electrons. The smallest absolute Gasteiger partial charge is 0.303 e. The Morgan fingerprint density at radius 3 is 2.75 bits per heavy atom. The number of hydrogen-bond donors (Lipinski definition) is 2. The van der Waals surface area contributed by atoms with Crippen molar-refractivity contribution in [3.8, 4) is 5.88 Å². The monoisotopic (exact) mass is 281 g/mol. The van der Waals surface area contributed by atoms with Gasteiger partial charge in [-0.05, 0) is 33.6 Å². The van der Waals surface area contributed by atoms with E-state index in [2.05, 4.69) is 15.3 Å². The van der Waals surface area contributed by atoms with Crippen LogP contribution >= 0.6 is 0 Å². The fourth-order valence-corrected chi connectivity index (χ4v) is 1.66. The number of anilines is 1. The zero-order chi connectivity index (χ0) is 15.2. The Labute approximate surface area is 119 Å². The Balaban J connectivity index is 2.75. The number of carbonyl (C=O) groups is 1. The quantitative estimate of drug-likeness (QED) is 0.762. The predicted octanol–water partition coefficient (Wildman–Crippen LogP) is 2.63. The number of ether oxygens (including phenoxy) is 1. The summed E-state index contributed by atoms with van der Waals surface area (Å²) < 4.78 is 5.50. The van der Waals surface area contributed by atoms with Crippen LogP contribution in [0.1, 0.15) is 45.7 Å². The lowest BCUT2D eigenvalue weighted by Crippen LogP contribution is -2.32. The van der Waals surface area contributed by atoms with Crippen molar-refractivity contribution in [3.63, 3.8) is 0 Å². The molecule has 1 aromatic rings. The summed E-state index contributed by atoms with van der Waals surface area (Å²) >= 11 is 0. The van der Waals surface area contributed by atoms with Gasteiger partial charge in [-0.3, -0.25) is 4.79 Å². The zero-order valence-corrected chi connectivity index (χ0v) is 12.6. The third-order valence-corrected chi connectivity index (χ3v) is 2.70. The molecule has 1 rings (SSSR count). The van der Waals surface area contributed by atoms with Crippen LogP contribution < -0.4 is 10.1 Å². The van der Waals surface area contributed by atoms with E-state index in [1.807, 2.05) is 27.7 Å². The van der Waals surface area contributed by atoms with E-state index in [0.717, 1.165) is 12.1 Å². The number of nitrogens with one attached hydrogen (secondary N) is 1. The van der Waals surface area contributed by atoms with Gasteiger partial charge in [0.1, 0.15) is 0 Å². The van der Waals surface area contributed by atoms with E-state index in [9.17, 15) is 4.79 Å². The molecule has 6 nitrogen and oxygen atoms in total. The number of aliphatic carboxylic acids is 1. The second-order valence-electron chi connectivity index (χ2n) is 5.42. The van der Waals surface area contributed by atoms with Crippen molar-refractivity contribution in [3.05, 3.63) is 11.8 Å². The second kappa shape index (κ2) is 7.07. The standard InChI is InChI=1S/C14H23N3O3/c1-5-8-20-11-9-10(2)15-13(16-11)17-14(3,4)7-6-12(18)19/h9H,5-8H2,1-4H3,(H,18,19)(H,15,16,17). The maximum Gasteiger partial charge on any atom is 0.303 e. The van der Waals surface area contributed by atoms with Crippen LogP contribution in [0.25, 0.3) is 0 Å². The van der Waals surface area contributed by atoms with E-state index in [4.69, 9.17) is 9.84 Å². The maximum absolute atomic E-state index is 10.6. The summed E-state index contributed by atoms with van der Waals surface area (Å²) in [5, 5.41) is 11.9. The molecule has 6 heteroatoms. The van der Waals surface area contributed by atoms with Crippen LogP contribution in [0.2, 0.25) is 0 Å². The summed E-state index contributed by atoms with van der Waals surface area (Å²) in [6, 6.07) is 1.78. The zero-order valence-electron chi connectivity index (χ0n) is 12.6. The average molecular weight is 281 g/mol. The van der Waals surface area contributed by atoms with Gasteiger partial charge in [0.2, 0.25) is 11.8 Å². The Morgan fingerprint density at radius 2 is 2.15 bits per heavy atom. The third kappa shape index (κ3) is 5.86. The van der Waals surface area contributed by atoms with Gasteiger partial charge >= 0.3 is 5.97 Å². The van der Waals surface area contributed by atoms with Gasteiger partial charge in [-0.15, -0.1) is 0 Å². The van der Waals surface area contributed by atoms with Crippen molar-refractivity contribution in [2.75, 3.05) is 11.9 Å². The van der Waals surface area contributed by atoms with Crippen LogP contribution in [0.3, 0.4) is 0 Å². The summed E-state index contributed by atoms with van der Waals surface area (Å²) in [5.74, 6) is 0.194. The van der Waals surface area contributed by atoms with Crippen molar-refractivity contribution in [2.24, 2.45) is 0 Å². The highest BCUT2D eigenvalue weighted by atomic mass is 16.5. The molecule has 0 saturated carbocycles. The lowest BCUT2D eigenvalue weighted by Gasteiger charge is -2.25. The molecule has 0 unspecified atom stereocenters. The first-order chi connectivity index (χ1) is 9.32. The molecule has 0 aliphatic carbocycles. The van der Waals surface area contributed by atoms with Gasteiger partial charge in [0.15, 0.2) is 0 Å². The lowest BCUT2D eigenvalue weighted by atomic mass is 9.99. The number of aryl methyl sites for hydroxylation is 1. The van der Waals surface area contributed by atoms with Crippen LogP contribution in [-0.4, -0.2) is 33.2 Å². The minimum Gasteiger partial charge on any atom is -0.481 e. The SMILES string of the molecule is CCCOc1cc(C)nc(NC(C)(C)CCC(=O)O)n1. The molecule has 20 heavy (non-hydrogen) atoms. The van der Waals surface area contributed by atoms with E-state index >= 15 is 0 Å². The lowest BCUT2D eigenvalue weighted by molar-refractivity contribution is -0.137. The highest BCUT2D eigenvalue weighted by Crippen LogP contribution is 2.19. The molecule has 0 aliphatic heterocycles. The Kier molecular flexibility index (Phi) is 5.73. The Bertz CT molecular complexity index is 461. The van der Waals surface area contributed by atoms with Gasteiger partial charge in [-0.2, -0.15) is 4.98 Å². The fraction of sp³-hybridized carbons (Fsp3) is 0.643. The Hall–Kier alpha value is -1.85. The first-order valence-corrected chi connectivity index (χ1v) is 6.81. The number of aromatic nitrogens is 2. The molecule has 1 aromatic heterocycles. The topological polar surface area (TPSA) is 84.3 Å². The van der Waals surface area contributed by atoms with E-state index in [1.54, 1.807) is 6.07 Å². The van der Waals surface area contributed by atoms with Gasteiger partial charge in [-0.25, -0.2) is 4.98 Å². The predicted molar refractivity (Wildman–Crippen MR) is 77.1 cm³/mol. The average Bonchev–Trinajstić information content (AvgIpc) is 2.33. The van der Waals surface area contributed by atoms with Crippen LogP contribution in [0.4, 0.5) is 5.95 Å². The summed E-state index contributed by atoms with van der Waals surface area (Å²) in [7, 11) is 0. The van der Waals surface area contributed by atoms with Gasteiger partial charge in [0, 0.05) is 23.7 Å². The molecular weight excluding hydrogens is 258 g/mol.